The van der Waals surface area contributed by atoms with Gasteiger partial charge in [-0.2, -0.15) is 0 Å². The Balaban J connectivity index is 0.000000720. The molecule has 1 aromatic carbocycles. The number of benzene rings is 1. The summed E-state index contributed by atoms with van der Waals surface area (Å²) >= 11 is 0. The minimum Gasteiger partial charge on any atom is -0.360 e. The van der Waals surface area contributed by atoms with E-state index in [0.29, 0.717) is 0 Å². The number of aldehydes is 1. The molecule has 3 heteroatoms. The maximum atomic E-state index is 10.5. The smallest absolute Gasteiger partial charge is 0.152 e. The molecule has 2 rings (SSSR count). The zero-order valence-electron chi connectivity index (χ0n) is 6.87. The van der Waals surface area contributed by atoms with E-state index in [9.17, 15) is 4.79 Å². The van der Waals surface area contributed by atoms with E-state index in [2.05, 4.69) is 4.98 Å². The van der Waals surface area contributed by atoms with Gasteiger partial charge in [0.25, 0.3) is 0 Å². The van der Waals surface area contributed by atoms with E-state index < -0.39 is 0 Å². The molecule has 0 aliphatic carbocycles. The summed E-state index contributed by atoms with van der Waals surface area (Å²) in [5.41, 5.74) is 1.73. The number of H-pyrrole nitrogens is 1. The summed E-state index contributed by atoms with van der Waals surface area (Å²) in [7, 11) is 0. The quantitative estimate of drug-likeness (QED) is 0.509. The van der Waals surface area contributed by atoms with Gasteiger partial charge < -0.3 is 4.98 Å². The van der Waals surface area contributed by atoms with Gasteiger partial charge in [0.1, 0.15) is 0 Å². The molecule has 0 atom stereocenters. The van der Waals surface area contributed by atoms with Gasteiger partial charge in [-0.15, -0.1) is 0 Å². The van der Waals surface area contributed by atoms with Crippen molar-refractivity contribution in [2.24, 2.45) is 0 Å². The zero-order valence-corrected chi connectivity index (χ0v) is 8.87. The van der Waals surface area contributed by atoms with Crippen LogP contribution in [0, 0.1) is 0 Å². The fourth-order valence-electron chi connectivity index (χ4n) is 1.19. The molecule has 2 nitrogen and oxygen atoms in total. The Bertz CT molecular complexity index is 394. The molecule has 0 aliphatic heterocycles. The van der Waals surface area contributed by atoms with Crippen LogP contribution in [0.5, 0.6) is 0 Å². The molecule has 0 amide bonds. The minimum absolute atomic E-state index is 0. The number of fused-ring (bicyclic) bond motifs is 1. The summed E-state index contributed by atoms with van der Waals surface area (Å²) in [6.07, 6.45) is 2.58. The molecule has 0 saturated carbocycles. The normalized spacial score (nSPS) is 9.33. The third kappa shape index (κ3) is 1.46. The molecule has 0 bridgehead atoms. The maximum Gasteiger partial charge on any atom is 0.152 e. The number of carbonyl (C=O) groups excluding carboxylic acids is 1. The Kier molecular flexibility index (Phi) is 3.09. The van der Waals surface area contributed by atoms with Crippen LogP contribution >= 0.6 is 0 Å². The molecule has 0 unspecified atom stereocenters. The first kappa shape index (κ1) is 9.52. The number of hydrogen-bond donors (Lipinski definition) is 1. The Morgan fingerprint density at radius 2 is 2.00 bits per heavy atom. The summed E-state index contributed by atoms with van der Waals surface area (Å²) in [6, 6.07) is 7.73. The van der Waals surface area contributed by atoms with E-state index in [1.807, 2.05) is 24.3 Å². The van der Waals surface area contributed by atoms with Crippen LogP contribution in [0.4, 0.5) is 0 Å². The maximum absolute atomic E-state index is 10.5. The SMILES string of the molecule is O=Cc1c[nH]c2ccccc12.[Na]. The molecule has 0 spiro atoms. The minimum atomic E-state index is 0. The van der Waals surface area contributed by atoms with Crippen LogP contribution in [0.2, 0.25) is 0 Å². The van der Waals surface area contributed by atoms with Crippen LogP contribution in [-0.2, 0) is 0 Å². The summed E-state index contributed by atoms with van der Waals surface area (Å²) < 4.78 is 0. The predicted octanol–water partition coefficient (Wildman–Crippen LogP) is 1.60. The van der Waals surface area contributed by atoms with Gasteiger partial charge in [-0.3, -0.25) is 4.79 Å². The molecule has 1 heterocycles. The van der Waals surface area contributed by atoms with Gasteiger partial charge in [0, 0.05) is 52.2 Å². The number of carbonyl (C=O) groups is 1. The van der Waals surface area contributed by atoms with Crippen molar-refractivity contribution in [2.45, 2.75) is 0 Å². The number of nitrogens with one attached hydrogen (secondary N) is 1. The average molecular weight is 168 g/mol. The van der Waals surface area contributed by atoms with E-state index in [1.165, 1.54) is 0 Å². The van der Waals surface area contributed by atoms with Crippen LogP contribution in [0.1, 0.15) is 10.4 Å². The number of aromatic amines is 1. The predicted molar refractivity (Wildman–Crippen MR) is 49.4 cm³/mol. The monoisotopic (exact) mass is 168 g/mol. The summed E-state index contributed by atoms with van der Waals surface area (Å²) in [4.78, 5) is 13.5. The van der Waals surface area contributed by atoms with Gasteiger partial charge in [-0.05, 0) is 6.07 Å². The molecule has 1 N–H and O–H groups in total. The molecule has 1 aromatic heterocycles. The summed E-state index contributed by atoms with van der Waals surface area (Å²) in [6.45, 7) is 0. The van der Waals surface area contributed by atoms with Crippen molar-refractivity contribution in [2.75, 3.05) is 0 Å². The molecular formula is C9H7NNaO. The fraction of sp³-hybridized carbons (Fsp3) is 0. The van der Waals surface area contributed by atoms with Gasteiger partial charge in [-0.25, -0.2) is 0 Å². The fourth-order valence-corrected chi connectivity index (χ4v) is 1.19. The van der Waals surface area contributed by atoms with E-state index in [4.69, 9.17) is 0 Å². The van der Waals surface area contributed by atoms with Crippen LogP contribution in [0.15, 0.2) is 30.5 Å². The van der Waals surface area contributed by atoms with Gasteiger partial charge in [0.2, 0.25) is 0 Å². The van der Waals surface area contributed by atoms with Crippen LogP contribution in [0.25, 0.3) is 10.9 Å². The van der Waals surface area contributed by atoms with Crippen LogP contribution in [-0.4, -0.2) is 40.8 Å². The van der Waals surface area contributed by atoms with Gasteiger partial charge in [0.15, 0.2) is 6.29 Å². The average Bonchev–Trinajstić information content (AvgIpc) is 2.47. The summed E-state index contributed by atoms with van der Waals surface area (Å²) in [5, 5.41) is 0.988. The van der Waals surface area contributed by atoms with Gasteiger partial charge >= 0.3 is 0 Å². The molecule has 55 valence electrons. The molecule has 0 fully saturated rings. The second kappa shape index (κ2) is 3.90. The van der Waals surface area contributed by atoms with E-state index >= 15 is 0 Å². The Morgan fingerprint density at radius 1 is 1.25 bits per heavy atom. The Hall–Kier alpha value is -0.570. The van der Waals surface area contributed by atoms with Crippen molar-refractivity contribution < 1.29 is 4.79 Å². The van der Waals surface area contributed by atoms with E-state index in [0.717, 1.165) is 22.8 Å². The van der Waals surface area contributed by atoms with Crippen molar-refractivity contribution in [3.63, 3.8) is 0 Å². The molecule has 1 radical (unpaired) electrons. The third-order valence-electron chi connectivity index (χ3n) is 1.75. The van der Waals surface area contributed by atoms with Gasteiger partial charge in [0.05, 0.1) is 0 Å². The molecule has 0 aliphatic rings. The Labute approximate surface area is 92.3 Å². The standard InChI is InChI=1S/C9H7NO.Na/c11-6-7-5-10-9-4-2-1-3-8(7)9;/h1-6,10H;. The van der Waals surface area contributed by atoms with Gasteiger partial charge in [-0.1, -0.05) is 18.2 Å². The first-order chi connectivity index (χ1) is 5.42. The number of para-hydroxylation sites is 1. The van der Waals surface area contributed by atoms with E-state index in [-0.39, 0.29) is 29.6 Å². The van der Waals surface area contributed by atoms with Crippen molar-refractivity contribution >= 4 is 46.7 Å². The number of hydrogen-bond acceptors (Lipinski definition) is 1. The zero-order chi connectivity index (χ0) is 7.68. The van der Waals surface area contributed by atoms with Crippen molar-refractivity contribution in [3.05, 3.63) is 36.0 Å². The first-order valence-corrected chi connectivity index (χ1v) is 3.43. The number of rotatable bonds is 1. The molecule has 2 aromatic rings. The first-order valence-electron chi connectivity index (χ1n) is 3.43. The molecule has 0 saturated heterocycles. The van der Waals surface area contributed by atoms with Crippen molar-refractivity contribution in [3.8, 4) is 0 Å². The van der Waals surface area contributed by atoms with Crippen LogP contribution < -0.4 is 0 Å². The number of aromatic nitrogens is 1. The molecule has 12 heavy (non-hydrogen) atoms. The third-order valence-corrected chi connectivity index (χ3v) is 1.75. The largest absolute Gasteiger partial charge is 0.360 e. The summed E-state index contributed by atoms with van der Waals surface area (Å²) in [5.74, 6) is 0. The Morgan fingerprint density at radius 3 is 2.75 bits per heavy atom. The van der Waals surface area contributed by atoms with Crippen LogP contribution in [0.3, 0.4) is 0 Å². The van der Waals surface area contributed by atoms with Crippen molar-refractivity contribution in [1.82, 2.24) is 4.98 Å². The van der Waals surface area contributed by atoms with E-state index in [1.54, 1.807) is 6.20 Å². The second-order valence-electron chi connectivity index (χ2n) is 2.41. The molecular weight excluding hydrogens is 161 g/mol. The second-order valence-corrected chi connectivity index (χ2v) is 2.41. The topological polar surface area (TPSA) is 32.9 Å². The van der Waals surface area contributed by atoms with Crippen molar-refractivity contribution in [1.29, 1.82) is 0 Å².